The molecule has 0 spiro atoms. The van der Waals surface area contributed by atoms with Gasteiger partial charge in [0.1, 0.15) is 0 Å². The van der Waals surface area contributed by atoms with Crippen LogP contribution in [0.1, 0.15) is 12.7 Å². The lowest BCUT2D eigenvalue weighted by atomic mass is 10.1. The van der Waals surface area contributed by atoms with Gasteiger partial charge in [0.2, 0.25) is 0 Å². The molecule has 1 heterocycles. The first-order valence-corrected chi connectivity index (χ1v) is 3.01. The molecule has 0 aliphatic rings. The highest BCUT2D eigenvalue weighted by atomic mass is 19.1. The Morgan fingerprint density at radius 3 is 2.82 bits per heavy atom. The molecule has 1 unspecified atom stereocenters. The quantitative estimate of drug-likeness (QED) is 0.710. The summed E-state index contributed by atoms with van der Waals surface area (Å²) >= 11 is 0. The van der Waals surface area contributed by atoms with Crippen LogP contribution in [0, 0.1) is 0 Å². The molecule has 0 fully saturated rings. The molecule has 1 rings (SSSR count). The molecule has 1 N–H and O–H groups in total. The Hall–Kier alpha value is -1.32. The minimum absolute atomic E-state index is 0.190. The first-order chi connectivity index (χ1) is 5.05. The number of alkyl halides is 1. The van der Waals surface area contributed by atoms with E-state index in [1.54, 1.807) is 0 Å². The van der Waals surface area contributed by atoms with E-state index < -0.39 is 11.6 Å². The molecule has 0 radical (unpaired) electrons. The number of furan rings is 1. The summed E-state index contributed by atoms with van der Waals surface area (Å²) in [6, 6.07) is 2.73. The Morgan fingerprint density at radius 2 is 2.45 bits per heavy atom. The molecular formula is C7H7FO3. The maximum absolute atomic E-state index is 13.1. The van der Waals surface area contributed by atoms with Gasteiger partial charge in [0.15, 0.2) is 5.76 Å². The van der Waals surface area contributed by atoms with E-state index in [4.69, 9.17) is 5.11 Å². The zero-order chi connectivity index (χ0) is 8.48. The Morgan fingerprint density at radius 1 is 1.82 bits per heavy atom. The molecule has 1 atom stereocenters. The van der Waals surface area contributed by atoms with E-state index in [2.05, 4.69) is 4.42 Å². The first kappa shape index (κ1) is 7.78. The molecule has 0 amide bonds. The van der Waals surface area contributed by atoms with Crippen molar-refractivity contribution in [2.45, 2.75) is 12.6 Å². The number of hydrogen-bond acceptors (Lipinski definition) is 2. The zero-order valence-corrected chi connectivity index (χ0v) is 5.87. The molecule has 1 aromatic rings. The van der Waals surface area contributed by atoms with Gasteiger partial charge in [-0.1, -0.05) is 0 Å². The van der Waals surface area contributed by atoms with E-state index in [1.807, 2.05) is 0 Å². The fraction of sp³-hybridized carbons (Fsp3) is 0.286. The van der Waals surface area contributed by atoms with Crippen LogP contribution >= 0.6 is 0 Å². The van der Waals surface area contributed by atoms with Crippen molar-refractivity contribution in [2.75, 3.05) is 0 Å². The lowest BCUT2D eigenvalue weighted by Gasteiger charge is -2.10. The fourth-order valence-corrected chi connectivity index (χ4v) is 0.651. The van der Waals surface area contributed by atoms with Crippen molar-refractivity contribution in [2.24, 2.45) is 0 Å². The van der Waals surface area contributed by atoms with Crippen molar-refractivity contribution < 1.29 is 18.7 Å². The molecule has 0 aliphatic carbocycles. The van der Waals surface area contributed by atoms with Gasteiger partial charge in [-0.2, -0.15) is 0 Å². The summed E-state index contributed by atoms with van der Waals surface area (Å²) in [5.74, 6) is -1.74. The van der Waals surface area contributed by atoms with E-state index >= 15 is 0 Å². The summed E-state index contributed by atoms with van der Waals surface area (Å²) in [6.07, 6.45) is 1.23. The van der Waals surface area contributed by atoms with Gasteiger partial charge in [-0.3, -0.25) is 0 Å². The van der Waals surface area contributed by atoms with Gasteiger partial charge < -0.3 is 9.52 Å². The maximum Gasteiger partial charge on any atom is 0.349 e. The van der Waals surface area contributed by atoms with Crippen molar-refractivity contribution in [1.82, 2.24) is 0 Å². The van der Waals surface area contributed by atoms with Crippen LogP contribution in [0.25, 0.3) is 0 Å². The standard InChI is InChI=1S/C7H7FO3/c1-7(8,6(9)10)5-3-2-4-11-5/h2-4H,1H3,(H,9,10). The summed E-state index contributed by atoms with van der Waals surface area (Å²) in [7, 11) is 0. The molecule has 11 heavy (non-hydrogen) atoms. The topological polar surface area (TPSA) is 50.4 Å². The van der Waals surface area contributed by atoms with Gasteiger partial charge in [-0.15, -0.1) is 0 Å². The van der Waals surface area contributed by atoms with Gasteiger partial charge in [0.05, 0.1) is 6.26 Å². The van der Waals surface area contributed by atoms with Gasteiger partial charge in [0.25, 0.3) is 5.67 Å². The Bertz CT molecular complexity index is 251. The van der Waals surface area contributed by atoms with Crippen molar-refractivity contribution in [3.8, 4) is 0 Å². The highest BCUT2D eigenvalue weighted by Gasteiger charge is 2.37. The molecule has 0 bridgehead atoms. The van der Waals surface area contributed by atoms with E-state index in [1.165, 1.54) is 18.4 Å². The number of carboxylic acid groups (broad SMARTS) is 1. The average Bonchev–Trinajstić information content (AvgIpc) is 2.37. The highest BCUT2D eigenvalue weighted by Crippen LogP contribution is 2.25. The normalized spacial score (nSPS) is 15.8. The molecule has 0 saturated heterocycles. The largest absolute Gasteiger partial charge is 0.479 e. The van der Waals surface area contributed by atoms with Crippen LogP contribution in [-0.2, 0) is 10.5 Å². The van der Waals surface area contributed by atoms with Crippen LogP contribution < -0.4 is 0 Å². The van der Waals surface area contributed by atoms with Gasteiger partial charge in [0, 0.05) is 0 Å². The Balaban J connectivity index is 3.00. The number of halogens is 1. The molecule has 0 saturated carbocycles. The lowest BCUT2D eigenvalue weighted by molar-refractivity contribution is -0.151. The third-order valence-corrected chi connectivity index (χ3v) is 1.39. The predicted molar refractivity (Wildman–Crippen MR) is 34.8 cm³/mol. The summed E-state index contributed by atoms with van der Waals surface area (Å²) < 4.78 is 17.7. The maximum atomic E-state index is 13.1. The zero-order valence-electron chi connectivity index (χ0n) is 5.87. The predicted octanol–water partition coefficient (Wildman–Crippen LogP) is 1.55. The van der Waals surface area contributed by atoms with Crippen LogP contribution in [0.5, 0.6) is 0 Å². The summed E-state index contributed by atoms with van der Waals surface area (Å²) in [5.41, 5.74) is -2.43. The monoisotopic (exact) mass is 158 g/mol. The Labute approximate surface area is 62.4 Å². The van der Waals surface area contributed by atoms with Crippen LogP contribution in [0.15, 0.2) is 22.8 Å². The highest BCUT2D eigenvalue weighted by molar-refractivity contribution is 5.77. The summed E-state index contributed by atoms with van der Waals surface area (Å²) in [5, 5.41) is 8.38. The van der Waals surface area contributed by atoms with Gasteiger partial charge >= 0.3 is 5.97 Å². The molecule has 0 aliphatic heterocycles. The molecule has 1 aromatic heterocycles. The van der Waals surface area contributed by atoms with Crippen molar-refractivity contribution in [3.05, 3.63) is 24.2 Å². The number of hydrogen-bond donors (Lipinski definition) is 1. The van der Waals surface area contributed by atoms with E-state index in [9.17, 15) is 9.18 Å². The van der Waals surface area contributed by atoms with Crippen LogP contribution in [0.4, 0.5) is 4.39 Å². The number of rotatable bonds is 2. The molecule has 0 aromatic carbocycles. The fourth-order valence-electron chi connectivity index (χ4n) is 0.651. The van der Waals surface area contributed by atoms with Crippen LogP contribution in [0.2, 0.25) is 0 Å². The molecule has 4 heteroatoms. The van der Waals surface area contributed by atoms with E-state index in [-0.39, 0.29) is 5.76 Å². The summed E-state index contributed by atoms with van der Waals surface area (Å²) in [6.45, 7) is 0.939. The SMILES string of the molecule is CC(F)(C(=O)O)c1ccco1. The van der Waals surface area contributed by atoms with Gasteiger partial charge in [-0.05, 0) is 19.1 Å². The van der Waals surface area contributed by atoms with Crippen LogP contribution in [-0.4, -0.2) is 11.1 Å². The lowest BCUT2D eigenvalue weighted by Crippen LogP contribution is -2.26. The third kappa shape index (κ3) is 1.24. The van der Waals surface area contributed by atoms with E-state index in [0.717, 1.165) is 6.92 Å². The Kier molecular flexibility index (Phi) is 1.68. The van der Waals surface area contributed by atoms with Gasteiger partial charge in [-0.25, -0.2) is 9.18 Å². The summed E-state index contributed by atoms with van der Waals surface area (Å²) in [4.78, 5) is 10.3. The number of aliphatic carboxylic acids is 1. The second-order valence-corrected chi connectivity index (χ2v) is 2.29. The second kappa shape index (κ2) is 2.38. The minimum atomic E-state index is -2.43. The van der Waals surface area contributed by atoms with Crippen LogP contribution in [0.3, 0.4) is 0 Å². The molecule has 3 nitrogen and oxygen atoms in total. The number of carboxylic acids is 1. The van der Waals surface area contributed by atoms with Crippen molar-refractivity contribution >= 4 is 5.97 Å². The smallest absolute Gasteiger partial charge is 0.349 e. The molecule has 60 valence electrons. The molecular weight excluding hydrogens is 151 g/mol. The minimum Gasteiger partial charge on any atom is -0.479 e. The first-order valence-electron chi connectivity index (χ1n) is 3.01. The van der Waals surface area contributed by atoms with Crippen molar-refractivity contribution in [3.63, 3.8) is 0 Å². The van der Waals surface area contributed by atoms with E-state index in [0.29, 0.717) is 0 Å². The second-order valence-electron chi connectivity index (χ2n) is 2.29. The third-order valence-electron chi connectivity index (χ3n) is 1.39. The average molecular weight is 158 g/mol. The van der Waals surface area contributed by atoms with Crippen molar-refractivity contribution in [1.29, 1.82) is 0 Å². The number of carbonyl (C=O) groups is 1.